The Morgan fingerprint density at radius 2 is 1.91 bits per heavy atom. The van der Waals surface area contributed by atoms with E-state index in [1.807, 2.05) is 55.6 Å². The molecule has 23 heavy (non-hydrogen) atoms. The number of allylic oxidation sites excluding steroid dienone is 1. The molecule has 1 aromatic heterocycles. The Kier molecular flexibility index (Phi) is 5.99. The van der Waals surface area contributed by atoms with Gasteiger partial charge in [-0.1, -0.05) is 41.4 Å². The molecule has 2 atom stereocenters. The van der Waals surface area contributed by atoms with Crippen molar-refractivity contribution < 1.29 is 9.53 Å². The van der Waals surface area contributed by atoms with Crippen molar-refractivity contribution in [2.24, 2.45) is 5.73 Å². The molecule has 1 aromatic carbocycles. The number of esters is 1. The number of ether oxygens (including phenoxy) is 1. The standard InChI is InChI=1S/C18H20ClNO2S/c1-11(2)15(18(21)22-3)16(12-7-4-5-8-13(12)19)17(20)14-9-6-10-23-14/h4-10,16-17H,20H2,1-3H3. The number of rotatable bonds is 5. The Balaban J connectivity index is 2.63. The lowest BCUT2D eigenvalue weighted by molar-refractivity contribution is -0.136. The zero-order valence-corrected chi connectivity index (χ0v) is 14.9. The van der Waals surface area contributed by atoms with E-state index in [4.69, 9.17) is 22.1 Å². The number of thiophene rings is 1. The molecule has 0 saturated carbocycles. The highest BCUT2D eigenvalue weighted by Crippen LogP contribution is 2.41. The summed E-state index contributed by atoms with van der Waals surface area (Å²) in [5.74, 6) is -0.735. The van der Waals surface area contributed by atoms with Crippen LogP contribution in [0.1, 0.15) is 36.2 Å². The molecule has 0 radical (unpaired) electrons. The average molecular weight is 350 g/mol. The molecule has 0 saturated heterocycles. The fraction of sp³-hybridized carbons (Fsp3) is 0.278. The molecular weight excluding hydrogens is 330 g/mol. The highest BCUT2D eigenvalue weighted by molar-refractivity contribution is 7.10. The number of carbonyl (C=O) groups excluding carboxylic acids is 1. The van der Waals surface area contributed by atoms with Crippen LogP contribution in [-0.2, 0) is 9.53 Å². The first-order chi connectivity index (χ1) is 11.0. The molecule has 122 valence electrons. The first-order valence-electron chi connectivity index (χ1n) is 7.26. The smallest absolute Gasteiger partial charge is 0.334 e. The highest BCUT2D eigenvalue weighted by atomic mass is 35.5. The van der Waals surface area contributed by atoms with Crippen molar-refractivity contribution >= 4 is 28.9 Å². The van der Waals surface area contributed by atoms with Crippen molar-refractivity contribution in [2.75, 3.05) is 7.11 Å². The number of nitrogens with two attached hydrogens (primary N) is 1. The van der Waals surface area contributed by atoms with Crippen LogP contribution in [0.5, 0.6) is 0 Å². The molecule has 2 unspecified atom stereocenters. The van der Waals surface area contributed by atoms with Crippen molar-refractivity contribution in [2.45, 2.75) is 25.8 Å². The summed E-state index contributed by atoms with van der Waals surface area (Å²) < 4.78 is 4.99. The third-order valence-electron chi connectivity index (χ3n) is 3.73. The van der Waals surface area contributed by atoms with E-state index >= 15 is 0 Å². The number of hydrogen-bond donors (Lipinski definition) is 1. The number of benzene rings is 1. The summed E-state index contributed by atoms with van der Waals surface area (Å²) in [4.78, 5) is 13.4. The first kappa shape index (κ1) is 17.7. The third-order valence-corrected chi connectivity index (χ3v) is 5.04. The summed E-state index contributed by atoms with van der Waals surface area (Å²) in [6.07, 6.45) is 0. The van der Waals surface area contributed by atoms with E-state index in [1.54, 1.807) is 11.3 Å². The summed E-state index contributed by atoms with van der Waals surface area (Å²) in [6.45, 7) is 3.77. The predicted octanol–water partition coefficient (Wildman–Crippen LogP) is 4.69. The summed E-state index contributed by atoms with van der Waals surface area (Å²) >= 11 is 7.96. The van der Waals surface area contributed by atoms with E-state index in [1.165, 1.54) is 7.11 Å². The topological polar surface area (TPSA) is 52.3 Å². The van der Waals surface area contributed by atoms with Crippen molar-refractivity contribution in [1.29, 1.82) is 0 Å². The normalized spacial score (nSPS) is 13.3. The van der Waals surface area contributed by atoms with E-state index in [0.29, 0.717) is 10.6 Å². The van der Waals surface area contributed by atoms with E-state index in [-0.39, 0.29) is 17.9 Å². The van der Waals surface area contributed by atoms with Crippen molar-refractivity contribution in [3.05, 3.63) is 68.4 Å². The molecule has 0 amide bonds. The fourth-order valence-corrected chi connectivity index (χ4v) is 3.67. The van der Waals surface area contributed by atoms with Crippen molar-refractivity contribution in [3.8, 4) is 0 Å². The van der Waals surface area contributed by atoms with Crippen LogP contribution in [0.2, 0.25) is 5.02 Å². The summed E-state index contributed by atoms with van der Waals surface area (Å²) in [5.41, 5.74) is 8.78. The minimum atomic E-state index is -0.376. The molecule has 2 N–H and O–H groups in total. The molecule has 3 nitrogen and oxygen atoms in total. The van der Waals surface area contributed by atoms with Crippen molar-refractivity contribution in [1.82, 2.24) is 0 Å². The third kappa shape index (κ3) is 3.83. The summed E-state index contributed by atoms with van der Waals surface area (Å²) in [5, 5.41) is 2.56. The van der Waals surface area contributed by atoms with Crippen LogP contribution >= 0.6 is 22.9 Å². The van der Waals surface area contributed by atoms with Crippen molar-refractivity contribution in [3.63, 3.8) is 0 Å². The van der Waals surface area contributed by atoms with Gasteiger partial charge < -0.3 is 10.5 Å². The van der Waals surface area contributed by atoms with Gasteiger partial charge in [-0.3, -0.25) is 0 Å². The Morgan fingerprint density at radius 3 is 2.43 bits per heavy atom. The van der Waals surface area contributed by atoms with Crippen LogP contribution in [0.3, 0.4) is 0 Å². The van der Waals surface area contributed by atoms with Crippen LogP contribution in [0.15, 0.2) is 52.9 Å². The second-order valence-corrected chi connectivity index (χ2v) is 6.83. The van der Waals surface area contributed by atoms with Gasteiger partial charge in [0.05, 0.1) is 13.2 Å². The van der Waals surface area contributed by atoms with Crippen LogP contribution in [0, 0.1) is 0 Å². The van der Waals surface area contributed by atoms with Gasteiger partial charge in [0.25, 0.3) is 0 Å². The number of methoxy groups -OCH3 is 1. The molecular formula is C18H20ClNO2S. The molecule has 0 bridgehead atoms. The molecule has 0 fully saturated rings. The lowest BCUT2D eigenvalue weighted by Crippen LogP contribution is -2.26. The Bertz CT molecular complexity index is 706. The average Bonchev–Trinajstić information content (AvgIpc) is 3.06. The fourth-order valence-electron chi connectivity index (χ4n) is 2.65. The highest BCUT2D eigenvalue weighted by Gasteiger charge is 2.32. The zero-order valence-electron chi connectivity index (χ0n) is 13.4. The van der Waals surface area contributed by atoms with E-state index in [0.717, 1.165) is 16.0 Å². The summed E-state index contributed by atoms with van der Waals surface area (Å²) in [6, 6.07) is 11.0. The van der Waals surface area contributed by atoms with Gasteiger partial charge in [-0.2, -0.15) is 0 Å². The lowest BCUT2D eigenvalue weighted by atomic mass is 9.82. The quantitative estimate of drug-likeness (QED) is 0.629. The second-order valence-electron chi connectivity index (χ2n) is 5.45. The Hall–Kier alpha value is -1.62. The first-order valence-corrected chi connectivity index (χ1v) is 8.52. The molecule has 5 heteroatoms. The van der Waals surface area contributed by atoms with Gasteiger partial charge >= 0.3 is 5.97 Å². The SMILES string of the molecule is COC(=O)C(=C(C)C)C(c1ccccc1Cl)C(N)c1cccs1. The predicted molar refractivity (Wildman–Crippen MR) is 95.8 cm³/mol. The van der Waals surface area contributed by atoms with Gasteiger partial charge in [-0.15, -0.1) is 11.3 Å². The van der Waals surface area contributed by atoms with Gasteiger partial charge in [0.1, 0.15) is 0 Å². The molecule has 0 spiro atoms. The molecule has 0 aliphatic carbocycles. The molecule has 0 aliphatic rings. The zero-order chi connectivity index (χ0) is 17.0. The maximum atomic E-state index is 12.4. The number of halogens is 1. The number of hydrogen-bond acceptors (Lipinski definition) is 4. The minimum Gasteiger partial charge on any atom is -0.466 e. The Morgan fingerprint density at radius 1 is 1.22 bits per heavy atom. The molecule has 1 heterocycles. The van der Waals surface area contributed by atoms with E-state index in [2.05, 4.69) is 0 Å². The molecule has 2 rings (SSSR count). The van der Waals surface area contributed by atoms with E-state index in [9.17, 15) is 4.79 Å². The molecule has 2 aromatic rings. The minimum absolute atomic E-state index is 0.361. The van der Waals surface area contributed by atoms with Gasteiger partial charge in [0.2, 0.25) is 0 Å². The van der Waals surface area contributed by atoms with Gasteiger partial charge in [-0.05, 0) is 36.9 Å². The summed E-state index contributed by atoms with van der Waals surface area (Å²) in [7, 11) is 1.38. The maximum Gasteiger partial charge on any atom is 0.334 e. The largest absolute Gasteiger partial charge is 0.466 e. The number of carbonyl (C=O) groups is 1. The van der Waals surface area contributed by atoms with Gasteiger partial charge in [0.15, 0.2) is 0 Å². The Labute approximate surface area is 145 Å². The molecule has 0 aliphatic heterocycles. The monoisotopic (exact) mass is 349 g/mol. The lowest BCUT2D eigenvalue weighted by Gasteiger charge is -2.27. The van der Waals surface area contributed by atoms with Crippen LogP contribution < -0.4 is 5.73 Å². The van der Waals surface area contributed by atoms with Crippen LogP contribution in [0.25, 0.3) is 0 Å². The van der Waals surface area contributed by atoms with Crippen LogP contribution in [0.4, 0.5) is 0 Å². The van der Waals surface area contributed by atoms with Gasteiger partial charge in [0, 0.05) is 21.4 Å². The second kappa shape index (κ2) is 7.77. The van der Waals surface area contributed by atoms with Gasteiger partial charge in [-0.25, -0.2) is 4.79 Å². The van der Waals surface area contributed by atoms with E-state index < -0.39 is 0 Å². The maximum absolute atomic E-state index is 12.4. The van der Waals surface area contributed by atoms with Crippen LogP contribution in [-0.4, -0.2) is 13.1 Å².